The van der Waals surface area contributed by atoms with Gasteiger partial charge in [-0.2, -0.15) is 0 Å². The molecule has 0 bridgehead atoms. The molecule has 0 radical (unpaired) electrons. The van der Waals surface area contributed by atoms with E-state index in [1.165, 1.54) is 0 Å². The second-order valence-electron chi connectivity index (χ2n) is 4.20. The first kappa shape index (κ1) is 16.7. The molecule has 1 amide bonds. The molecule has 0 saturated carbocycles. The summed E-state index contributed by atoms with van der Waals surface area (Å²) < 4.78 is 52.9. The minimum atomic E-state index is -1.74. The van der Waals surface area contributed by atoms with Gasteiger partial charge in [-0.15, -0.1) is 0 Å². The van der Waals surface area contributed by atoms with Gasteiger partial charge in [0, 0.05) is 6.07 Å². The maximum absolute atomic E-state index is 13.4. The molecule has 0 fully saturated rings. The summed E-state index contributed by atoms with van der Waals surface area (Å²) in [5.74, 6) is -9.50. The van der Waals surface area contributed by atoms with Crippen LogP contribution in [-0.2, 0) is 4.79 Å². The monoisotopic (exact) mass is 307 g/mol. The number of hydrogen-bond donors (Lipinski definition) is 3. The zero-order valence-corrected chi connectivity index (χ0v) is 11.0. The van der Waals surface area contributed by atoms with Gasteiger partial charge >= 0.3 is 0 Å². The van der Waals surface area contributed by atoms with Crippen molar-refractivity contribution in [2.45, 2.75) is 19.8 Å². The number of benzene rings is 1. The van der Waals surface area contributed by atoms with Gasteiger partial charge in [-0.1, -0.05) is 18.5 Å². The van der Waals surface area contributed by atoms with E-state index in [1.54, 1.807) is 12.2 Å². The van der Waals surface area contributed by atoms with E-state index in [1.807, 2.05) is 0 Å². The van der Waals surface area contributed by atoms with E-state index in [9.17, 15) is 22.4 Å². The van der Waals surface area contributed by atoms with Crippen LogP contribution < -0.4 is 11.1 Å². The number of anilines is 1. The van der Waals surface area contributed by atoms with Crippen LogP contribution in [-0.4, -0.2) is 17.0 Å². The lowest BCUT2D eigenvalue weighted by Crippen LogP contribution is -2.35. The fourth-order valence-corrected chi connectivity index (χ4v) is 1.66. The normalized spacial score (nSPS) is 13.1. The first-order chi connectivity index (χ1) is 9.83. The molecule has 5 nitrogen and oxygen atoms in total. The predicted molar refractivity (Wildman–Crippen MR) is 66.7 cm³/mol. The number of amidine groups is 1. The van der Waals surface area contributed by atoms with Crippen LogP contribution in [0.2, 0.25) is 0 Å². The highest BCUT2D eigenvalue weighted by Gasteiger charge is 2.26. The number of nitrogens with zero attached hydrogens (tertiary/aromatic N) is 1. The van der Waals surface area contributed by atoms with Gasteiger partial charge in [-0.05, 0) is 6.42 Å². The molecule has 1 unspecified atom stereocenters. The summed E-state index contributed by atoms with van der Waals surface area (Å²) >= 11 is 0. The Kier molecular flexibility index (Phi) is 5.51. The molecule has 116 valence electrons. The Bertz CT molecular complexity index is 552. The summed E-state index contributed by atoms with van der Waals surface area (Å²) in [7, 11) is 0. The lowest BCUT2D eigenvalue weighted by Gasteiger charge is -2.15. The fourth-order valence-electron chi connectivity index (χ4n) is 1.66. The molecule has 4 N–H and O–H groups in total. The van der Waals surface area contributed by atoms with Crippen molar-refractivity contribution in [3.8, 4) is 0 Å². The van der Waals surface area contributed by atoms with Gasteiger partial charge in [0.15, 0.2) is 29.1 Å². The molecule has 1 rings (SSSR count). The maximum Gasteiger partial charge on any atom is 0.235 e. The van der Waals surface area contributed by atoms with Crippen LogP contribution in [0.25, 0.3) is 0 Å². The third-order valence-corrected chi connectivity index (χ3v) is 2.73. The molecule has 0 aliphatic carbocycles. The number of carbonyl (C=O) groups is 1. The Morgan fingerprint density at radius 2 is 1.86 bits per heavy atom. The van der Waals surface area contributed by atoms with Crippen molar-refractivity contribution in [1.29, 1.82) is 0 Å². The van der Waals surface area contributed by atoms with Crippen LogP contribution in [0, 0.1) is 29.2 Å². The van der Waals surface area contributed by atoms with Gasteiger partial charge in [0.2, 0.25) is 5.91 Å². The van der Waals surface area contributed by atoms with Crippen LogP contribution in [0.5, 0.6) is 0 Å². The highest BCUT2D eigenvalue weighted by molar-refractivity contribution is 6.07. The van der Waals surface area contributed by atoms with Crippen molar-refractivity contribution in [3.05, 3.63) is 29.3 Å². The quantitative estimate of drug-likeness (QED) is 0.195. The molecule has 1 atom stereocenters. The van der Waals surface area contributed by atoms with Gasteiger partial charge in [0.05, 0.1) is 5.92 Å². The molecule has 0 heterocycles. The summed E-state index contributed by atoms with van der Waals surface area (Å²) in [6, 6.07) is 0.0212. The van der Waals surface area contributed by atoms with Crippen LogP contribution in [0.3, 0.4) is 0 Å². The molecule has 0 aliphatic heterocycles. The summed E-state index contributed by atoms with van der Waals surface area (Å²) in [5, 5.41) is 12.9. The van der Waals surface area contributed by atoms with Crippen molar-refractivity contribution in [2.75, 3.05) is 5.32 Å². The number of oxime groups is 1. The summed E-state index contributed by atoms with van der Waals surface area (Å²) in [5.41, 5.74) is 4.04. The van der Waals surface area contributed by atoms with Crippen molar-refractivity contribution in [2.24, 2.45) is 16.8 Å². The maximum atomic E-state index is 13.4. The molecule has 0 aliphatic rings. The third-order valence-electron chi connectivity index (χ3n) is 2.73. The van der Waals surface area contributed by atoms with Crippen molar-refractivity contribution in [1.82, 2.24) is 0 Å². The lowest BCUT2D eigenvalue weighted by molar-refractivity contribution is -0.118. The number of nitrogens with one attached hydrogen (secondary N) is 1. The number of nitrogens with two attached hydrogens (primary N) is 1. The third kappa shape index (κ3) is 3.61. The molecule has 21 heavy (non-hydrogen) atoms. The van der Waals surface area contributed by atoms with E-state index >= 15 is 0 Å². The Morgan fingerprint density at radius 1 is 1.33 bits per heavy atom. The Balaban J connectivity index is 3.13. The average molecular weight is 307 g/mol. The van der Waals surface area contributed by atoms with Crippen molar-refractivity contribution in [3.63, 3.8) is 0 Å². The number of hydrogen-bond acceptors (Lipinski definition) is 3. The zero-order valence-electron chi connectivity index (χ0n) is 11.0. The van der Waals surface area contributed by atoms with Crippen molar-refractivity contribution < 1.29 is 27.6 Å². The molecule has 9 heteroatoms. The Labute approximate surface area is 117 Å². The van der Waals surface area contributed by atoms with Gasteiger partial charge < -0.3 is 16.3 Å². The molecule has 1 aromatic rings. The van der Waals surface area contributed by atoms with Crippen LogP contribution in [0.1, 0.15) is 19.8 Å². The lowest BCUT2D eigenvalue weighted by atomic mass is 10.0. The fraction of sp³-hybridized carbons (Fsp3) is 0.333. The van der Waals surface area contributed by atoms with Gasteiger partial charge in [-0.3, -0.25) is 4.79 Å². The van der Waals surface area contributed by atoms with Crippen LogP contribution in [0.15, 0.2) is 11.2 Å². The topological polar surface area (TPSA) is 87.7 Å². The van der Waals surface area contributed by atoms with Crippen molar-refractivity contribution >= 4 is 17.4 Å². The van der Waals surface area contributed by atoms with Gasteiger partial charge in [0.25, 0.3) is 0 Å². The zero-order chi connectivity index (χ0) is 16.2. The molecular formula is C12H13F4N3O2. The molecule has 1 aromatic carbocycles. The van der Waals surface area contributed by atoms with Crippen LogP contribution >= 0.6 is 0 Å². The van der Waals surface area contributed by atoms with E-state index in [2.05, 4.69) is 5.16 Å². The van der Waals surface area contributed by atoms with Gasteiger partial charge in [0.1, 0.15) is 5.69 Å². The summed E-state index contributed by atoms with van der Waals surface area (Å²) in [4.78, 5) is 11.9. The highest BCUT2D eigenvalue weighted by Crippen LogP contribution is 2.25. The summed E-state index contributed by atoms with van der Waals surface area (Å²) in [6.07, 6.45) is 0.555. The largest absolute Gasteiger partial charge is 0.409 e. The predicted octanol–water partition coefficient (Wildman–Crippen LogP) is 2.34. The molecule has 0 saturated heterocycles. The SMILES string of the molecule is CCCC(C(=O)Nc1c(F)c(F)cc(F)c1F)/C(N)=N/O. The molecule has 0 spiro atoms. The second kappa shape index (κ2) is 6.91. The van der Waals surface area contributed by atoms with E-state index < -0.39 is 46.6 Å². The standard InChI is InChI=1S/C12H13F4N3O2/c1-2-3-5(11(17)19-21)12(20)18-10-8(15)6(13)4-7(14)9(10)16/h4-5,21H,2-3H2,1H3,(H2,17,19)(H,18,20). The second-order valence-corrected chi connectivity index (χ2v) is 4.20. The van der Waals surface area contributed by atoms with Crippen LogP contribution in [0.4, 0.5) is 23.2 Å². The molecular weight excluding hydrogens is 294 g/mol. The minimum Gasteiger partial charge on any atom is -0.409 e. The number of amides is 1. The van der Waals surface area contributed by atoms with E-state index in [0.29, 0.717) is 6.42 Å². The summed E-state index contributed by atoms with van der Waals surface area (Å²) in [6.45, 7) is 1.69. The van der Waals surface area contributed by atoms with Gasteiger partial charge in [-0.25, -0.2) is 17.6 Å². The number of halogens is 4. The number of carbonyl (C=O) groups excluding carboxylic acids is 1. The molecule has 0 aromatic heterocycles. The van der Waals surface area contributed by atoms with E-state index in [0.717, 1.165) is 0 Å². The minimum absolute atomic E-state index is 0.0212. The smallest absolute Gasteiger partial charge is 0.235 e. The van der Waals surface area contributed by atoms with E-state index in [-0.39, 0.29) is 12.5 Å². The Hall–Kier alpha value is -2.32. The number of rotatable bonds is 5. The average Bonchev–Trinajstić information content (AvgIpc) is 2.46. The Morgan fingerprint density at radius 3 is 2.29 bits per heavy atom. The highest BCUT2D eigenvalue weighted by atomic mass is 19.2. The van der Waals surface area contributed by atoms with E-state index in [4.69, 9.17) is 10.9 Å². The first-order valence-electron chi connectivity index (χ1n) is 5.94. The first-order valence-corrected chi connectivity index (χ1v) is 5.94.